The van der Waals surface area contributed by atoms with Gasteiger partial charge in [-0.3, -0.25) is 19.4 Å². The number of carbonyl (C=O) groups is 3. The molecule has 1 fully saturated rings. The van der Waals surface area contributed by atoms with Crippen LogP contribution >= 0.6 is 34.8 Å². The Morgan fingerprint density at radius 3 is 2.48 bits per heavy atom. The van der Waals surface area contributed by atoms with Crippen LogP contribution in [0.3, 0.4) is 0 Å². The average molecular weight is 448 g/mol. The lowest BCUT2D eigenvalue weighted by Crippen LogP contribution is -2.61. The van der Waals surface area contributed by atoms with Crippen molar-refractivity contribution in [1.29, 1.82) is 0 Å². The number of esters is 1. The van der Waals surface area contributed by atoms with Crippen molar-refractivity contribution in [3.63, 3.8) is 0 Å². The number of rotatable bonds is 7. The first-order chi connectivity index (χ1) is 12.5. The second-order valence-electron chi connectivity index (χ2n) is 6.27. The second kappa shape index (κ2) is 10.6. The lowest BCUT2D eigenvalue weighted by Gasteiger charge is -2.34. The lowest BCUT2D eigenvalue weighted by atomic mass is 10.1. The molecule has 156 valence electrons. The van der Waals surface area contributed by atoms with Gasteiger partial charge in [-0.1, -0.05) is 34.8 Å². The van der Waals surface area contributed by atoms with Gasteiger partial charge in [0, 0.05) is 6.54 Å². The van der Waals surface area contributed by atoms with Crippen molar-refractivity contribution in [3.8, 4) is 0 Å². The average Bonchev–Trinajstić information content (AvgIpc) is 2.58. The summed E-state index contributed by atoms with van der Waals surface area (Å²) < 4.78 is 3.21. The quantitative estimate of drug-likeness (QED) is 0.317. The van der Waals surface area contributed by atoms with Gasteiger partial charge in [0.1, 0.15) is 24.7 Å². The summed E-state index contributed by atoms with van der Waals surface area (Å²) in [6.45, 7) is 2.94. The van der Waals surface area contributed by atoms with Crippen LogP contribution in [0.4, 0.5) is 0 Å². The number of amides is 2. The van der Waals surface area contributed by atoms with Gasteiger partial charge in [0.05, 0.1) is 6.10 Å². The molecule has 0 saturated carbocycles. The van der Waals surface area contributed by atoms with Gasteiger partial charge in [0.15, 0.2) is 0 Å². The summed E-state index contributed by atoms with van der Waals surface area (Å²) in [5.74, 6) is -1.58. The third-order valence-corrected chi connectivity index (χ3v) is 4.25. The minimum Gasteiger partial charge on any atom is -0.460 e. The van der Waals surface area contributed by atoms with E-state index in [9.17, 15) is 19.5 Å². The fourth-order valence-corrected chi connectivity index (χ4v) is 2.72. The molecule has 1 saturated heterocycles. The standard InChI is InChI=1S/C15H25Cl3N4O5/c1-8(20-12(24)11(19-3)9(2)23)13(25)22-6-4-5-10(21-22)14(26)27-7-15(16,17)18/h8-11,19,21,23H,4-7H2,1-3H3,(H,20,24). The molecule has 0 radical (unpaired) electrons. The van der Waals surface area contributed by atoms with Gasteiger partial charge in [0.2, 0.25) is 9.70 Å². The van der Waals surface area contributed by atoms with Crippen molar-refractivity contribution in [2.45, 2.75) is 54.7 Å². The first-order valence-electron chi connectivity index (χ1n) is 8.43. The molecule has 1 aliphatic rings. The third kappa shape index (κ3) is 7.97. The number of hydrogen-bond donors (Lipinski definition) is 4. The van der Waals surface area contributed by atoms with Crippen molar-refractivity contribution in [2.75, 3.05) is 20.2 Å². The summed E-state index contributed by atoms with van der Waals surface area (Å²) in [6, 6.07) is -2.48. The summed E-state index contributed by atoms with van der Waals surface area (Å²) in [5.41, 5.74) is 2.77. The maximum Gasteiger partial charge on any atom is 0.325 e. The molecule has 1 heterocycles. The molecule has 27 heavy (non-hydrogen) atoms. The van der Waals surface area contributed by atoms with Crippen LogP contribution in [0.15, 0.2) is 0 Å². The molecule has 4 unspecified atom stereocenters. The lowest BCUT2D eigenvalue weighted by molar-refractivity contribution is -0.153. The van der Waals surface area contributed by atoms with E-state index in [1.54, 1.807) is 0 Å². The molecule has 0 bridgehead atoms. The molecule has 1 rings (SSSR count). The van der Waals surface area contributed by atoms with Crippen LogP contribution in [0.2, 0.25) is 0 Å². The van der Waals surface area contributed by atoms with Crippen LogP contribution in [-0.2, 0) is 19.1 Å². The number of hydrogen-bond acceptors (Lipinski definition) is 7. The molecular weight excluding hydrogens is 423 g/mol. The Bertz CT molecular complexity index is 544. The van der Waals surface area contributed by atoms with Gasteiger partial charge in [-0.15, -0.1) is 0 Å². The van der Waals surface area contributed by atoms with Crippen LogP contribution in [0, 0.1) is 0 Å². The first-order valence-corrected chi connectivity index (χ1v) is 9.56. The van der Waals surface area contributed by atoms with Crippen LogP contribution in [0.5, 0.6) is 0 Å². The van der Waals surface area contributed by atoms with E-state index in [1.165, 1.54) is 25.9 Å². The second-order valence-corrected chi connectivity index (χ2v) is 8.79. The number of likely N-dealkylation sites (N-methyl/N-ethyl adjacent to an activating group) is 1. The van der Waals surface area contributed by atoms with Gasteiger partial charge in [-0.05, 0) is 33.7 Å². The Hall–Kier alpha value is -0.840. The van der Waals surface area contributed by atoms with Crippen LogP contribution < -0.4 is 16.1 Å². The summed E-state index contributed by atoms with van der Waals surface area (Å²) in [7, 11) is 1.53. The van der Waals surface area contributed by atoms with E-state index < -0.39 is 52.4 Å². The molecule has 9 nitrogen and oxygen atoms in total. The Kier molecular flexibility index (Phi) is 9.53. The van der Waals surface area contributed by atoms with Crippen LogP contribution in [0.1, 0.15) is 26.7 Å². The number of alkyl halides is 3. The van der Waals surface area contributed by atoms with Crippen molar-refractivity contribution < 1.29 is 24.2 Å². The highest BCUT2D eigenvalue weighted by Crippen LogP contribution is 2.26. The smallest absolute Gasteiger partial charge is 0.325 e. The van der Waals surface area contributed by atoms with Gasteiger partial charge in [-0.25, -0.2) is 5.43 Å². The zero-order valence-corrected chi connectivity index (χ0v) is 17.6. The Balaban J connectivity index is 2.61. The molecule has 0 aromatic carbocycles. The molecule has 0 spiro atoms. The highest BCUT2D eigenvalue weighted by atomic mass is 35.6. The summed E-state index contributed by atoms with van der Waals surface area (Å²) in [4.78, 5) is 36.7. The SMILES string of the molecule is CNC(C(=O)NC(C)C(=O)N1CCCC(C(=O)OCC(Cl)(Cl)Cl)N1)C(C)O. The summed E-state index contributed by atoms with van der Waals surface area (Å²) >= 11 is 16.7. The van der Waals surface area contributed by atoms with E-state index in [1.807, 2.05) is 0 Å². The molecule has 4 atom stereocenters. The van der Waals surface area contributed by atoms with Crippen molar-refractivity contribution >= 4 is 52.6 Å². The summed E-state index contributed by atoms with van der Waals surface area (Å²) in [6.07, 6.45) is 0.0785. The van der Waals surface area contributed by atoms with E-state index in [4.69, 9.17) is 39.5 Å². The topological polar surface area (TPSA) is 120 Å². The first kappa shape index (κ1) is 24.2. The highest BCUT2D eigenvalue weighted by molar-refractivity contribution is 6.67. The van der Waals surface area contributed by atoms with E-state index in [0.29, 0.717) is 19.4 Å². The van der Waals surface area contributed by atoms with Crippen molar-refractivity contribution in [2.24, 2.45) is 0 Å². The monoisotopic (exact) mass is 446 g/mol. The fraction of sp³-hybridized carbons (Fsp3) is 0.800. The number of hydrazine groups is 1. The third-order valence-electron chi connectivity index (χ3n) is 3.92. The van der Waals surface area contributed by atoms with Crippen LogP contribution in [-0.4, -0.2) is 76.1 Å². The largest absolute Gasteiger partial charge is 0.460 e. The minimum atomic E-state index is -1.72. The number of nitrogens with zero attached hydrogens (tertiary/aromatic N) is 1. The van der Waals surface area contributed by atoms with E-state index in [0.717, 1.165) is 0 Å². The number of aliphatic hydroxyl groups is 1. The molecule has 0 aliphatic carbocycles. The Labute approximate surface area is 173 Å². The predicted octanol–water partition coefficient (Wildman–Crippen LogP) is -0.131. The highest BCUT2D eigenvalue weighted by Gasteiger charge is 2.33. The number of ether oxygens (including phenoxy) is 1. The molecule has 1 aliphatic heterocycles. The van der Waals surface area contributed by atoms with Gasteiger partial charge >= 0.3 is 5.97 Å². The molecular formula is C15H25Cl3N4O5. The molecule has 4 N–H and O–H groups in total. The van der Waals surface area contributed by atoms with Crippen molar-refractivity contribution in [3.05, 3.63) is 0 Å². The maximum absolute atomic E-state index is 12.5. The number of carbonyl (C=O) groups excluding carboxylic acids is 3. The molecule has 0 aromatic heterocycles. The van der Waals surface area contributed by atoms with Crippen molar-refractivity contribution in [1.82, 2.24) is 21.1 Å². The van der Waals surface area contributed by atoms with E-state index >= 15 is 0 Å². The Morgan fingerprint density at radius 1 is 1.33 bits per heavy atom. The normalized spacial score (nSPS) is 21.1. The van der Waals surface area contributed by atoms with E-state index in [-0.39, 0.29) is 0 Å². The predicted molar refractivity (Wildman–Crippen MR) is 101 cm³/mol. The zero-order chi connectivity index (χ0) is 20.8. The number of halogens is 3. The zero-order valence-electron chi connectivity index (χ0n) is 15.3. The Morgan fingerprint density at radius 2 is 1.96 bits per heavy atom. The number of nitrogens with one attached hydrogen (secondary N) is 3. The van der Waals surface area contributed by atoms with Crippen LogP contribution in [0.25, 0.3) is 0 Å². The van der Waals surface area contributed by atoms with Gasteiger partial charge in [0.25, 0.3) is 5.91 Å². The number of aliphatic hydroxyl groups excluding tert-OH is 1. The van der Waals surface area contributed by atoms with Gasteiger partial charge < -0.3 is 20.5 Å². The van der Waals surface area contributed by atoms with Gasteiger partial charge in [-0.2, -0.15) is 0 Å². The molecule has 0 aromatic rings. The minimum absolute atomic E-state index is 0.360. The fourth-order valence-electron chi connectivity index (χ4n) is 2.56. The maximum atomic E-state index is 12.5. The molecule has 2 amide bonds. The summed E-state index contributed by atoms with van der Waals surface area (Å²) in [5, 5.41) is 16.0. The van der Waals surface area contributed by atoms with E-state index in [2.05, 4.69) is 16.1 Å². The molecule has 12 heteroatoms.